The minimum absolute atomic E-state index is 0.0381. The molecule has 94 valence electrons. The van der Waals surface area contributed by atoms with E-state index in [4.69, 9.17) is 0 Å². The summed E-state index contributed by atoms with van der Waals surface area (Å²) < 4.78 is 13.0. The minimum atomic E-state index is -1.27. The van der Waals surface area contributed by atoms with E-state index in [1.54, 1.807) is 12.1 Å². The van der Waals surface area contributed by atoms with E-state index in [-0.39, 0.29) is 11.5 Å². The fraction of sp³-hybridized carbons (Fsp3) is 0.154. The lowest BCUT2D eigenvalue weighted by molar-refractivity contribution is 0.102. The molecule has 1 atom stereocenters. The molecule has 0 saturated carbocycles. The fourth-order valence-electron chi connectivity index (χ4n) is 1.49. The Balaban J connectivity index is 2.10. The Bertz CT molecular complexity index is 605. The quantitative estimate of drug-likeness (QED) is 0.791. The average Bonchev–Trinajstić information content (AvgIpc) is 2.76. The van der Waals surface area contributed by atoms with E-state index in [1.165, 1.54) is 11.3 Å². The van der Waals surface area contributed by atoms with Gasteiger partial charge in [-0.05, 0) is 52.7 Å². The van der Waals surface area contributed by atoms with Crippen LogP contribution in [0.4, 0.5) is 0 Å². The number of carbonyl (C=O) groups excluding carboxylic acids is 1. The molecule has 0 spiro atoms. The molecule has 0 N–H and O–H groups in total. The average molecular weight is 343 g/mol. The number of carbonyl (C=O) groups is 1. The molecule has 2 rings (SSSR count). The topological polar surface area (TPSA) is 34.1 Å². The van der Waals surface area contributed by atoms with E-state index in [9.17, 15) is 9.00 Å². The summed E-state index contributed by atoms with van der Waals surface area (Å²) in [6.45, 7) is 1.94. The molecule has 18 heavy (non-hydrogen) atoms. The Morgan fingerprint density at radius 3 is 2.72 bits per heavy atom. The first-order chi connectivity index (χ1) is 8.56. The van der Waals surface area contributed by atoms with Gasteiger partial charge in [-0.25, -0.2) is 0 Å². The van der Waals surface area contributed by atoms with Gasteiger partial charge in [0.2, 0.25) is 0 Å². The van der Waals surface area contributed by atoms with Crippen molar-refractivity contribution in [3.63, 3.8) is 0 Å². The number of Topliss-reactive ketones (excluding diaryl/α,β-unsaturated/α-hetero) is 1. The van der Waals surface area contributed by atoms with Crippen LogP contribution in [0.3, 0.4) is 0 Å². The van der Waals surface area contributed by atoms with Gasteiger partial charge in [0.1, 0.15) is 0 Å². The standard InChI is InChI=1S/C13H11BrO2S2/c1-9-3-2-4-10(7-9)18(16)8-11(15)12-5-6-13(14)17-12/h2-7H,8H2,1H3. The number of hydrogen-bond donors (Lipinski definition) is 0. The maximum absolute atomic E-state index is 12.1. The molecule has 0 radical (unpaired) electrons. The van der Waals surface area contributed by atoms with Gasteiger partial charge in [-0.2, -0.15) is 0 Å². The number of thiophene rings is 1. The molecular formula is C13H11BrO2S2. The molecule has 0 fully saturated rings. The van der Waals surface area contributed by atoms with Crippen LogP contribution >= 0.6 is 27.3 Å². The molecular weight excluding hydrogens is 332 g/mol. The fourth-order valence-corrected chi connectivity index (χ4v) is 4.02. The molecule has 0 aliphatic carbocycles. The number of benzene rings is 1. The van der Waals surface area contributed by atoms with E-state index in [2.05, 4.69) is 15.9 Å². The highest BCUT2D eigenvalue weighted by Crippen LogP contribution is 2.23. The van der Waals surface area contributed by atoms with Gasteiger partial charge in [-0.15, -0.1) is 11.3 Å². The van der Waals surface area contributed by atoms with Crippen LogP contribution in [0.5, 0.6) is 0 Å². The van der Waals surface area contributed by atoms with Gasteiger partial charge in [0.25, 0.3) is 0 Å². The summed E-state index contributed by atoms with van der Waals surface area (Å²) >= 11 is 4.68. The predicted octanol–water partition coefficient (Wildman–Crippen LogP) is 3.81. The molecule has 2 aromatic rings. The molecule has 0 saturated heterocycles. The zero-order chi connectivity index (χ0) is 13.1. The monoisotopic (exact) mass is 342 g/mol. The highest BCUT2D eigenvalue weighted by atomic mass is 79.9. The summed E-state index contributed by atoms with van der Waals surface area (Å²) in [4.78, 5) is 13.3. The van der Waals surface area contributed by atoms with Crippen LogP contribution in [0.1, 0.15) is 15.2 Å². The summed E-state index contributed by atoms with van der Waals surface area (Å²) in [6, 6.07) is 11.0. The number of rotatable bonds is 4. The van der Waals surface area contributed by atoms with Gasteiger partial charge in [0.15, 0.2) is 5.78 Å². The lowest BCUT2D eigenvalue weighted by Gasteiger charge is -2.01. The number of hydrogen-bond acceptors (Lipinski definition) is 3. The molecule has 1 heterocycles. The zero-order valence-electron chi connectivity index (χ0n) is 9.68. The van der Waals surface area contributed by atoms with E-state index in [0.29, 0.717) is 9.77 Å². The summed E-state index contributed by atoms with van der Waals surface area (Å²) in [6.07, 6.45) is 0. The van der Waals surface area contributed by atoms with Crippen LogP contribution in [0, 0.1) is 6.92 Å². The van der Waals surface area contributed by atoms with Gasteiger partial charge < -0.3 is 0 Å². The van der Waals surface area contributed by atoms with E-state index in [0.717, 1.165) is 9.35 Å². The molecule has 1 aromatic heterocycles. The Kier molecular flexibility index (Phi) is 4.48. The lowest BCUT2D eigenvalue weighted by Crippen LogP contribution is -2.09. The molecule has 2 nitrogen and oxygen atoms in total. The normalized spacial score (nSPS) is 12.3. The van der Waals surface area contributed by atoms with E-state index >= 15 is 0 Å². The first kappa shape index (κ1) is 13.6. The Hall–Kier alpha value is -0.780. The third-order valence-corrected chi connectivity index (χ3v) is 5.33. The highest BCUT2D eigenvalue weighted by molar-refractivity contribution is 9.11. The Labute approximate surface area is 121 Å². The first-order valence-corrected chi connectivity index (χ1v) is 8.22. The van der Waals surface area contributed by atoms with Crippen molar-refractivity contribution in [2.75, 3.05) is 5.75 Å². The number of halogens is 1. The molecule has 0 aliphatic rings. The van der Waals surface area contributed by atoms with Crippen molar-refractivity contribution >= 4 is 43.8 Å². The van der Waals surface area contributed by atoms with Crippen LogP contribution in [0.15, 0.2) is 45.1 Å². The van der Waals surface area contributed by atoms with E-state index < -0.39 is 10.8 Å². The van der Waals surface area contributed by atoms with Crippen LogP contribution < -0.4 is 0 Å². The third kappa shape index (κ3) is 3.37. The van der Waals surface area contributed by atoms with Gasteiger partial charge >= 0.3 is 0 Å². The Morgan fingerprint density at radius 2 is 2.11 bits per heavy atom. The van der Waals surface area contributed by atoms with Gasteiger partial charge in [-0.3, -0.25) is 9.00 Å². The van der Waals surface area contributed by atoms with Crippen molar-refractivity contribution in [2.24, 2.45) is 0 Å². The molecule has 0 bridgehead atoms. The van der Waals surface area contributed by atoms with Crippen molar-refractivity contribution in [3.05, 3.63) is 50.6 Å². The third-order valence-electron chi connectivity index (χ3n) is 2.36. The smallest absolute Gasteiger partial charge is 0.185 e. The zero-order valence-corrected chi connectivity index (χ0v) is 12.9. The van der Waals surface area contributed by atoms with Crippen LogP contribution in [0.2, 0.25) is 0 Å². The number of aryl methyl sites for hydroxylation is 1. The SMILES string of the molecule is Cc1cccc(S(=O)CC(=O)c2ccc(Br)s2)c1. The second-order valence-electron chi connectivity index (χ2n) is 3.83. The van der Waals surface area contributed by atoms with Crippen molar-refractivity contribution in [2.45, 2.75) is 11.8 Å². The first-order valence-electron chi connectivity index (χ1n) is 5.30. The van der Waals surface area contributed by atoms with Gasteiger partial charge in [0, 0.05) is 4.90 Å². The maximum Gasteiger partial charge on any atom is 0.185 e. The molecule has 0 aliphatic heterocycles. The van der Waals surface area contributed by atoms with Gasteiger partial charge in [0.05, 0.1) is 25.2 Å². The molecule has 1 unspecified atom stereocenters. The highest BCUT2D eigenvalue weighted by Gasteiger charge is 2.14. The maximum atomic E-state index is 12.1. The van der Waals surface area contributed by atoms with Gasteiger partial charge in [-0.1, -0.05) is 12.1 Å². The number of ketones is 1. The van der Waals surface area contributed by atoms with Crippen LogP contribution in [-0.4, -0.2) is 15.7 Å². The largest absolute Gasteiger partial charge is 0.292 e. The van der Waals surface area contributed by atoms with Crippen molar-refractivity contribution in [3.8, 4) is 0 Å². The van der Waals surface area contributed by atoms with Crippen molar-refractivity contribution in [1.82, 2.24) is 0 Å². The summed E-state index contributed by atoms with van der Waals surface area (Å²) in [5.41, 5.74) is 1.05. The lowest BCUT2D eigenvalue weighted by atomic mass is 10.2. The summed E-state index contributed by atoms with van der Waals surface area (Å²) in [7, 11) is -1.27. The molecule has 5 heteroatoms. The second kappa shape index (κ2) is 5.91. The minimum Gasteiger partial charge on any atom is -0.292 e. The van der Waals surface area contributed by atoms with Crippen LogP contribution in [-0.2, 0) is 10.8 Å². The molecule has 1 aromatic carbocycles. The predicted molar refractivity (Wildman–Crippen MR) is 78.8 cm³/mol. The van der Waals surface area contributed by atoms with Crippen molar-refractivity contribution in [1.29, 1.82) is 0 Å². The van der Waals surface area contributed by atoms with Crippen molar-refractivity contribution < 1.29 is 9.00 Å². The second-order valence-corrected chi connectivity index (χ2v) is 7.75. The molecule has 0 amide bonds. The Morgan fingerprint density at radius 1 is 1.33 bits per heavy atom. The van der Waals surface area contributed by atoms with E-state index in [1.807, 2.05) is 31.2 Å². The summed E-state index contributed by atoms with van der Waals surface area (Å²) in [5, 5.41) is 0. The van der Waals surface area contributed by atoms with Crippen LogP contribution in [0.25, 0.3) is 0 Å². The summed E-state index contributed by atoms with van der Waals surface area (Å²) in [5.74, 6) is -0.0401.